The molecule has 1 aliphatic carbocycles. The van der Waals surface area contributed by atoms with Crippen LogP contribution in [0.4, 0.5) is 11.5 Å². The molecule has 1 aromatic carbocycles. The van der Waals surface area contributed by atoms with E-state index in [1.54, 1.807) is 12.3 Å². The van der Waals surface area contributed by atoms with E-state index < -0.39 is 18.5 Å². The van der Waals surface area contributed by atoms with Gasteiger partial charge in [0.2, 0.25) is 0 Å². The quantitative estimate of drug-likeness (QED) is 0.577. The summed E-state index contributed by atoms with van der Waals surface area (Å²) in [5.74, 6) is -0.366. The van der Waals surface area contributed by atoms with Gasteiger partial charge in [-0.25, -0.2) is 9.48 Å². The molecule has 1 aliphatic rings. The van der Waals surface area contributed by atoms with Crippen LogP contribution in [0, 0.1) is 0 Å². The molecule has 1 aromatic heterocycles. The summed E-state index contributed by atoms with van der Waals surface area (Å²) < 4.78 is 12.0. The van der Waals surface area contributed by atoms with Crippen LogP contribution in [0.3, 0.4) is 0 Å². The van der Waals surface area contributed by atoms with Gasteiger partial charge >= 0.3 is 5.97 Å². The maximum atomic E-state index is 12.3. The second-order valence-electron chi connectivity index (χ2n) is 6.30. The maximum Gasteiger partial charge on any atom is 0.342 e. The number of halogens is 1. The molecule has 8 nitrogen and oxygen atoms in total. The van der Waals surface area contributed by atoms with Crippen molar-refractivity contribution in [2.75, 3.05) is 24.8 Å². The summed E-state index contributed by atoms with van der Waals surface area (Å²) in [5.41, 5.74) is 6.07. The molecule has 3 rings (SSSR count). The van der Waals surface area contributed by atoms with E-state index in [2.05, 4.69) is 10.4 Å². The zero-order chi connectivity index (χ0) is 19.4. The van der Waals surface area contributed by atoms with Crippen LogP contribution in [-0.2, 0) is 9.53 Å². The molecule has 2 aromatic rings. The third-order valence-corrected chi connectivity index (χ3v) is 4.81. The first-order valence-electron chi connectivity index (χ1n) is 8.63. The van der Waals surface area contributed by atoms with Crippen LogP contribution in [0.5, 0.6) is 5.75 Å². The highest BCUT2D eigenvalue weighted by Crippen LogP contribution is 2.31. The molecule has 0 saturated heterocycles. The second-order valence-corrected chi connectivity index (χ2v) is 6.70. The summed E-state index contributed by atoms with van der Waals surface area (Å²) in [7, 11) is 1.40. The molecule has 0 atom stereocenters. The Bertz CT molecular complexity index is 846. The van der Waals surface area contributed by atoms with Gasteiger partial charge in [0, 0.05) is 12.1 Å². The minimum absolute atomic E-state index is 0.0977. The van der Waals surface area contributed by atoms with E-state index in [1.807, 2.05) is 4.68 Å². The second kappa shape index (κ2) is 8.30. The highest BCUT2D eigenvalue weighted by Gasteiger charge is 2.21. The zero-order valence-corrected chi connectivity index (χ0v) is 15.7. The van der Waals surface area contributed by atoms with Gasteiger partial charge in [-0.05, 0) is 18.9 Å². The van der Waals surface area contributed by atoms with E-state index in [-0.39, 0.29) is 22.0 Å². The van der Waals surface area contributed by atoms with E-state index in [4.69, 9.17) is 26.8 Å². The lowest BCUT2D eigenvalue weighted by molar-refractivity contribution is -0.119. The van der Waals surface area contributed by atoms with E-state index in [0.29, 0.717) is 11.9 Å². The van der Waals surface area contributed by atoms with Crippen molar-refractivity contribution >= 4 is 35.0 Å². The number of amides is 1. The lowest BCUT2D eigenvalue weighted by Crippen LogP contribution is -2.23. The van der Waals surface area contributed by atoms with Gasteiger partial charge < -0.3 is 20.5 Å². The Morgan fingerprint density at radius 3 is 2.81 bits per heavy atom. The van der Waals surface area contributed by atoms with Crippen LogP contribution in [0.15, 0.2) is 24.4 Å². The van der Waals surface area contributed by atoms with Gasteiger partial charge in [-0.1, -0.05) is 24.4 Å². The SMILES string of the molecule is COc1cc(N)c(Cl)cc1C(=O)OCC(=O)Nc1ccnn1C1CCCC1. The van der Waals surface area contributed by atoms with E-state index in [1.165, 1.54) is 19.2 Å². The van der Waals surface area contributed by atoms with Crippen LogP contribution < -0.4 is 15.8 Å². The molecule has 9 heteroatoms. The van der Waals surface area contributed by atoms with Crippen LogP contribution in [0.1, 0.15) is 42.1 Å². The molecular weight excluding hydrogens is 372 g/mol. The zero-order valence-electron chi connectivity index (χ0n) is 14.9. The Labute approximate surface area is 161 Å². The number of benzene rings is 1. The summed E-state index contributed by atoms with van der Waals surface area (Å²) in [5, 5.41) is 7.22. The standard InChI is InChI=1S/C18H21ClN4O4/c1-26-15-9-14(20)13(19)8-12(15)18(25)27-10-17(24)22-16-6-7-21-23(16)11-4-2-3-5-11/h6-9,11H,2-5,10,20H2,1H3,(H,22,24). The summed E-state index contributed by atoms with van der Waals surface area (Å²) in [6.07, 6.45) is 6.03. The molecule has 0 unspecified atom stereocenters. The smallest absolute Gasteiger partial charge is 0.342 e. The summed E-state index contributed by atoms with van der Waals surface area (Å²) in [6, 6.07) is 4.80. The molecule has 27 heavy (non-hydrogen) atoms. The van der Waals surface area contributed by atoms with Crippen molar-refractivity contribution < 1.29 is 19.1 Å². The van der Waals surface area contributed by atoms with Crippen molar-refractivity contribution in [2.24, 2.45) is 0 Å². The molecule has 144 valence electrons. The maximum absolute atomic E-state index is 12.3. The number of ether oxygens (including phenoxy) is 2. The van der Waals surface area contributed by atoms with Crippen molar-refractivity contribution in [3.63, 3.8) is 0 Å². The van der Waals surface area contributed by atoms with Gasteiger partial charge in [0.15, 0.2) is 6.61 Å². The molecule has 0 aliphatic heterocycles. The molecule has 1 fully saturated rings. The number of anilines is 2. The number of nitrogens with one attached hydrogen (secondary N) is 1. The summed E-state index contributed by atoms with van der Waals surface area (Å²) in [6.45, 7) is -0.445. The fourth-order valence-electron chi connectivity index (χ4n) is 3.14. The Balaban J connectivity index is 1.61. The number of aromatic nitrogens is 2. The Morgan fingerprint density at radius 2 is 2.11 bits per heavy atom. The molecule has 1 heterocycles. The van der Waals surface area contributed by atoms with E-state index in [9.17, 15) is 9.59 Å². The molecule has 0 spiro atoms. The predicted octanol–water partition coefficient (Wildman–Crippen LogP) is 3.04. The van der Waals surface area contributed by atoms with Crippen molar-refractivity contribution in [1.82, 2.24) is 9.78 Å². The van der Waals surface area contributed by atoms with Crippen molar-refractivity contribution in [1.29, 1.82) is 0 Å². The van der Waals surface area contributed by atoms with Gasteiger partial charge in [0.1, 0.15) is 17.1 Å². The monoisotopic (exact) mass is 392 g/mol. The number of methoxy groups -OCH3 is 1. The number of hydrogen-bond acceptors (Lipinski definition) is 6. The topological polar surface area (TPSA) is 108 Å². The number of esters is 1. The lowest BCUT2D eigenvalue weighted by atomic mass is 10.2. The molecule has 0 radical (unpaired) electrons. The summed E-state index contributed by atoms with van der Waals surface area (Å²) >= 11 is 5.95. The Hall–Kier alpha value is -2.74. The van der Waals surface area contributed by atoms with E-state index in [0.717, 1.165) is 25.7 Å². The fraction of sp³-hybridized carbons (Fsp3) is 0.389. The molecule has 0 bridgehead atoms. The highest BCUT2D eigenvalue weighted by molar-refractivity contribution is 6.33. The molecule has 1 amide bonds. The number of nitrogens with two attached hydrogens (primary N) is 1. The molecule has 3 N–H and O–H groups in total. The average molecular weight is 393 g/mol. The molecule has 1 saturated carbocycles. The van der Waals surface area contributed by atoms with Crippen molar-refractivity contribution in [2.45, 2.75) is 31.7 Å². The van der Waals surface area contributed by atoms with Gasteiger partial charge in [-0.3, -0.25) is 4.79 Å². The number of carbonyl (C=O) groups is 2. The van der Waals surface area contributed by atoms with Crippen LogP contribution >= 0.6 is 11.6 Å². The first-order valence-corrected chi connectivity index (χ1v) is 9.01. The Kier molecular flexibility index (Phi) is 5.85. The number of nitrogens with zero attached hydrogens (tertiary/aromatic N) is 2. The number of carbonyl (C=O) groups excluding carboxylic acids is 2. The predicted molar refractivity (Wildman–Crippen MR) is 101 cm³/mol. The first kappa shape index (κ1) is 19.0. The van der Waals surface area contributed by atoms with Crippen molar-refractivity contribution in [3.05, 3.63) is 35.0 Å². The van der Waals surface area contributed by atoms with Crippen LogP contribution in [-0.4, -0.2) is 35.4 Å². The summed E-state index contributed by atoms with van der Waals surface area (Å²) in [4.78, 5) is 24.5. The lowest BCUT2D eigenvalue weighted by Gasteiger charge is -2.15. The normalized spacial score (nSPS) is 14.1. The third kappa shape index (κ3) is 4.33. The Morgan fingerprint density at radius 1 is 1.37 bits per heavy atom. The van der Waals surface area contributed by atoms with E-state index >= 15 is 0 Å². The fourth-order valence-corrected chi connectivity index (χ4v) is 3.30. The highest BCUT2D eigenvalue weighted by atomic mass is 35.5. The average Bonchev–Trinajstić information content (AvgIpc) is 3.33. The largest absolute Gasteiger partial charge is 0.496 e. The number of nitrogen functional groups attached to an aromatic ring is 1. The van der Waals surface area contributed by atoms with Crippen LogP contribution in [0.2, 0.25) is 5.02 Å². The number of rotatable bonds is 6. The van der Waals surface area contributed by atoms with Gasteiger partial charge in [0.05, 0.1) is 30.1 Å². The minimum Gasteiger partial charge on any atom is -0.496 e. The van der Waals surface area contributed by atoms with Crippen LogP contribution in [0.25, 0.3) is 0 Å². The number of hydrogen-bond donors (Lipinski definition) is 2. The van der Waals surface area contributed by atoms with Gasteiger partial charge in [0.25, 0.3) is 5.91 Å². The third-order valence-electron chi connectivity index (χ3n) is 4.48. The van der Waals surface area contributed by atoms with Gasteiger partial charge in [-0.2, -0.15) is 5.10 Å². The van der Waals surface area contributed by atoms with Gasteiger partial charge in [-0.15, -0.1) is 0 Å². The minimum atomic E-state index is -0.729. The molecular formula is C18H21ClN4O4. The van der Waals surface area contributed by atoms with Crippen molar-refractivity contribution in [3.8, 4) is 5.75 Å². The first-order chi connectivity index (χ1) is 13.0.